The molecule has 18 heteroatoms. The SMILES string of the molecule is C=C(C)C(=O)OCCOC(=O)c1ccc(O)cc1.C=Cc1ccc(C(=O)OCCOCc2ccc(O)cc2)cc1.C=Cc1ccccc1.CC(C)(CC(CCc1ccc(C(=O)OCCOCc2ccc(O)cc2)cc1)c1ccccc1)C(=O)OCCOC(=O)c1ccc(O)cc1. The zero-order chi connectivity index (χ0) is 69.5. The molecule has 0 saturated heterocycles. The molecule has 0 radical (unpaired) electrons. The Bertz CT molecular complexity index is 3680. The van der Waals surface area contributed by atoms with Crippen LogP contribution in [0.5, 0.6) is 23.0 Å². The lowest BCUT2D eigenvalue weighted by Crippen LogP contribution is -2.30. The van der Waals surface area contributed by atoms with Crippen molar-refractivity contribution in [3.63, 3.8) is 0 Å². The van der Waals surface area contributed by atoms with Crippen LogP contribution in [0.25, 0.3) is 12.2 Å². The average molecular weight is 1310 g/mol. The lowest BCUT2D eigenvalue weighted by molar-refractivity contribution is -0.155. The van der Waals surface area contributed by atoms with E-state index in [1.165, 1.54) is 61.0 Å². The fourth-order valence-corrected chi connectivity index (χ4v) is 8.64. The first-order valence-corrected chi connectivity index (χ1v) is 30.7. The van der Waals surface area contributed by atoms with E-state index in [-0.39, 0.29) is 87.1 Å². The van der Waals surface area contributed by atoms with Crippen molar-refractivity contribution in [1.82, 2.24) is 0 Å². The molecule has 8 aromatic carbocycles. The second-order valence-electron chi connectivity index (χ2n) is 22.0. The molecule has 0 saturated carbocycles. The first-order chi connectivity index (χ1) is 46.2. The van der Waals surface area contributed by atoms with Gasteiger partial charge in [-0.3, -0.25) is 4.79 Å². The summed E-state index contributed by atoms with van der Waals surface area (Å²) in [4.78, 5) is 72.1. The molecule has 96 heavy (non-hydrogen) atoms. The van der Waals surface area contributed by atoms with Crippen molar-refractivity contribution in [3.8, 4) is 23.0 Å². The van der Waals surface area contributed by atoms with E-state index < -0.39 is 29.3 Å². The molecule has 8 rings (SSSR count). The highest BCUT2D eigenvalue weighted by Gasteiger charge is 2.33. The van der Waals surface area contributed by atoms with E-state index in [4.69, 9.17) is 48.1 Å². The van der Waals surface area contributed by atoms with Crippen molar-refractivity contribution in [2.75, 3.05) is 52.9 Å². The maximum absolute atomic E-state index is 13.1. The quantitative estimate of drug-likeness (QED) is 0.0141. The average Bonchev–Trinajstić information content (AvgIpc) is 0.899. The normalized spacial score (nSPS) is 10.7. The smallest absolute Gasteiger partial charge is 0.338 e. The highest BCUT2D eigenvalue weighted by Crippen LogP contribution is 2.36. The first-order valence-electron chi connectivity index (χ1n) is 30.7. The van der Waals surface area contributed by atoms with Crippen LogP contribution >= 0.6 is 0 Å². The number of carbonyl (C=O) groups excluding carboxylic acids is 6. The van der Waals surface area contributed by atoms with E-state index in [1.807, 2.05) is 92.7 Å². The van der Waals surface area contributed by atoms with E-state index in [1.54, 1.807) is 78.9 Å². The van der Waals surface area contributed by atoms with Gasteiger partial charge in [0, 0.05) is 5.57 Å². The van der Waals surface area contributed by atoms with Gasteiger partial charge in [0.15, 0.2) is 0 Å². The zero-order valence-electron chi connectivity index (χ0n) is 54.2. The largest absolute Gasteiger partial charge is 0.508 e. The van der Waals surface area contributed by atoms with Crippen LogP contribution in [0.1, 0.15) is 114 Å². The molecule has 0 aliphatic heterocycles. The molecular weight excluding hydrogens is 1220 g/mol. The Kier molecular flexibility index (Phi) is 32.7. The number of phenolic OH excluding ortho intramolecular Hbond substituents is 4. The van der Waals surface area contributed by atoms with Crippen molar-refractivity contribution < 1.29 is 87.1 Å². The molecule has 1 unspecified atom stereocenters. The van der Waals surface area contributed by atoms with E-state index in [9.17, 15) is 39.0 Å². The van der Waals surface area contributed by atoms with Crippen LogP contribution in [0, 0.1) is 5.41 Å². The molecule has 0 fully saturated rings. The van der Waals surface area contributed by atoms with Crippen LogP contribution < -0.4 is 0 Å². The Balaban J connectivity index is 0.000000282. The second-order valence-corrected chi connectivity index (χ2v) is 22.0. The summed E-state index contributed by atoms with van der Waals surface area (Å²) in [5.41, 5.74) is 7.22. The number of hydrogen-bond donors (Lipinski definition) is 4. The topological polar surface area (TPSA) is 257 Å². The van der Waals surface area contributed by atoms with Crippen LogP contribution in [0.3, 0.4) is 0 Å². The van der Waals surface area contributed by atoms with Crippen molar-refractivity contribution in [2.45, 2.75) is 59.2 Å². The van der Waals surface area contributed by atoms with E-state index in [0.29, 0.717) is 54.1 Å². The Labute approximate surface area is 560 Å². The Morgan fingerprint density at radius 2 is 0.729 bits per heavy atom. The van der Waals surface area contributed by atoms with Gasteiger partial charge in [0.05, 0.1) is 54.1 Å². The summed E-state index contributed by atoms with van der Waals surface area (Å²) in [5.74, 6) is -2.19. The van der Waals surface area contributed by atoms with Gasteiger partial charge in [-0.25, -0.2) is 24.0 Å². The minimum Gasteiger partial charge on any atom is -0.508 e. The standard InChI is InChI=1S/C39H42O9.C18H18O4.C13H14O5.C8H8/c1-39(2,38(44)48-25-24-47-37(43)32-16-20-35(41)21-17-32)26-33(30-6-4-3-5-7-30)15-10-28-8-13-31(14-9-28)36(42)46-23-22-45-27-29-11-18-34(40)19-12-29;1-2-14-3-7-16(8-4-14)18(20)22-12-11-21-13-15-5-9-17(19)10-6-15;1-9(2)12(15)17-7-8-18-13(16)10-3-5-11(14)6-4-10;1-2-8-6-4-3-5-7-8/h3-9,11-14,16-21,33,40-41H,10,15,22-27H2,1-2H3;2-10,19H,1,11-13H2;3-6,14H,1,7-8H2,2H3;2-7H,1H2. The predicted molar refractivity (Wildman–Crippen MR) is 365 cm³/mol. The van der Waals surface area contributed by atoms with Gasteiger partial charge in [-0.15, -0.1) is 0 Å². The number of rotatable bonds is 30. The number of phenols is 4. The van der Waals surface area contributed by atoms with Gasteiger partial charge >= 0.3 is 35.8 Å². The monoisotopic (exact) mass is 1310 g/mol. The number of aryl methyl sites for hydroxylation is 1. The summed E-state index contributed by atoms with van der Waals surface area (Å²) in [7, 11) is 0. The molecule has 0 bridgehead atoms. The van der Waals surface area contributed by atoms with E-state index in [2.05, 4.69) is 31.9 Å². The molecule has 0 aliphatic carbocycles. The highest BCUT2D eigenvalue weighted by atomic mass is 16.6. The van der Waals surface area contributed by atoms with Crippen LogP contribution in [0.4, 0.5) is 0 Å². The summed E-state index contributed by atoms with van der Waals surface area (Å²) in [5, 5.41) is 36.9. The van der Waals surface area contributed by atoms with Crippen LogP contribution in [-0.2, 0) is 67.1 Å². The molecule has 1 atom stereocenters. The fourth-order valence-electron chi connectivity index (χ4n) is 8.64. The third kappa shape index (κ3) is 28.8. The molecular formula is C78H82O18. The predicted octanol–water partition coefficient (Wildman–Crippen LogP) is 14.4. The summed E-state index contributed by atoms with van der Waals surface area (Å²) in [6.07, 6.45) is 5.60. The van der Waals surface area contributed by atoms with Gasteiger partial charge in [-0.2, -0.15) is 0 Å². The Morgan fingerprint density at radius 3 is 1.11 bits per heavy atom. The van der Waals surface area contributed by atoms with Crippen LogP contribution in [-0.4, -0.2) is 109 Å². The summed E-state index contributed by atoms with van der Waals surface area (Å²) < 4.78 is 41.8. The van der Waals surface area contributed by atoms with Gasteiger partial charge in [0.25, 0.3) is 0 Å². The molecule has 0 amide bonds. The number of carbonyl (C=O) groups is 6. The highest BCUT2D eigenvalue weighted by molar-refractivity contribution is 5.91. The number of benzene rings is 8. The molecule has 0 spiro atoms. The van der Waals surface area contributed by atoms with Crippen molar-refractivity contribution in [2.24, 2.45) is 5.41 Å². The molecule has 0 aromatic heterocycles. The molecule has 18 nitrogen and oxygen atoms in total. The molecule has 8 aromatic rings. The molecule has 0 heterocycles. The van der Waals surface area contributed by atoms with Gasteiger partial charge < -0.3 is 58.3 Å². The van der Waals surface area contributed by atoms with Crippen LogP contribution in [0.2, 0.25) is 0 Å². The van der Waals surface area contributed by atoms with Crippen LogP contribution in [0.15, 0.2) is 232 Å². The molecule has 0 aliphatic rings. The minimum absolute atomic E-state index is 0.0183. The van der Waals surface area contributed by atoms with E-state index in [0.717, 1.165) is 40.7 Å². The fraction of sp³-hybridized carbons (Fsp3) is 0.231. The summed E-state index contributed by atoms with van der Waals surface area (Å²) >= 11 is 0. The van der Waals surface area contributed by atoms with Gasteiger partial charge in [-0.05, 0) is 176 Å². The zero-order valence-corrected chi connectivity index (χ0v) is 54.2. The van der Waals surface area contributed by atoms with Crippen molar-refractivity contribution in [3.05, 3.63) is 287 Å². The summed E-state index contributed by atoms with van der Waals surface area (Å²) in [6, 6.07) is 59.3. The number of esters is 6. The van der Waals surface area contributed by atoms with Gasteiger partial charge in [0.1, 0.15) is 62.6 Å². The Morgan fingerprint density at radius 1 is 0.406 bits per heavy atom. The maximum atomic E-state index is 13.1. The second kappa shape index (κ2) is 41.5. The summed E-state index contributed by atoms with van der Waals surface area (Å²) in [6.45, 7) is 17.4. The number of ether oxygens (including phenoxy) is 8. The minimum atomic E-state index is -0.803. The number of aromatic hydroxyl groups is 4. The van der Waals surface area contributed by atoms with E-state index >= 15 is 0 Å². The third-order valence-electron chi connectivity index (χ3n) is 14.0. The third-order valence-corrected chi connectivity index (χ3v) is 14.0. The first kappa shape index (κ1) is 75.6. The van der Waals surface area contributed by atoms with Crippen molar-refractivity contribution >= 4 is 48.0 Å². The van der Waals surface area contributed by atoms with Gasteiger partial charge in [-0.1, -0.05) is 141 Å². The maximum Gasteiger partial charge on any atom is 0.338 e. The Hall–Kier alpha value is -11.1. The number of hydrogen-bond acceptors (Lipinski definition) is 18. The lowest BCUT2D eigenvalue weighted by Gasteiger charge is -2.28. The van der Waals surface area contributed by atoms with Gasteiger partial charge in [0.2, 0.25) is 0 Å². The lowest BCUT2D eigenvalue weighted by atomic mass is 9.77. The van der Waals surface area contributed by atoms with Crippen molar-refractivity contribution in [1.29, 1.82) is 0 Å². The molecule has 502 valence electrons. The molecule has 4 N–H and O–H groups in total.